The fourth-order valence-corrected chi connectivity index (χ4v) is 2.56. The lowest BCUT2D eigenvalue weighted by atomic mass is 10.1. The van der Waals surface area contributed by atoms with Gasteiger partial charge in [0.2, 0.25) is 0 Å². The molecule has 8 heteroatoms. The Hall–Kier alpha value is -3.21. The summed E-state index contributed by atoms with van der Waals surface area (Å²) in [5.74, 6) is -0.235. The van der Waals surface area contributed by atoms with Crippen molar-refractivity contribution >= 4 is 12.0 Å². The van der Waals surface area contributed by atoms with Crippen molar-refractivity contribution in [1.82, 2.24) is 15.1 Å². The van der Waals surface area contributed by atoms with E-state index in [-0.39, 0.29) is 17.4 Å². The number of ether oxygens (including phenoxy) is 1. The van der Waals surface area contributed by atoms with Gasteiger partial charge in [-0.3, -0.25) is 4.79 Å². The molecule has 26 heavy (non-hydrogen) atoms. The Kier molecular flexibility index (Phi) is 6.85. The van der Waals surface area contributed by atoms with Crippen LogP contribution >= 0.6 is 0 Å². The average Bonchev–Trinajstić information content (AvgIpc) is 2.67. The van der Waals surface area contributed by atoms with Gasteiger partial charge in [0.05, 0.1) is 7.11 Å². The standard InChI is InChI=1S/C18H22N4O4/c1-26-18(25)22-10-8-21(9-11-22)13-15(12-19)17(24)20-7-6-14-2-4-16(23)5-3-14/h2-5,13,23H,6-11H2,1H3,(H,20,24)/b15-13-. The third kappa shape index (κ3) is 5.41. The van der Waals surface area contributed by atoms with Gasteiger partial charge in [0.25, 0.3) is 5.91 Å². The van der Waals surface area contributed by atoms with Gasteiger partial charge in [0.1, 0.15) is 17.4 Å². The van der Waals surface area contributed by atoms with Crippen molar-refractivity contribution in [2.24, 2.45) is 0 Å². The monoisotopic (exact) mass is 358 g/mol. The van der Waals surface area contributed by atoms with Gasteiger partial charge in [-0.15, -0.1) is 0 Å². The van der Waals surface area contributed by atoms with Crippen LogP contribution in [0, 0.1) is 11.3 Å². The summed E-state index contributed by atoms with van der Waals surface area (Å²) < 4.78 is 4.68. The van der Waals surface area contributed by atoms with Crippen molar-refractivity contribution in [2.75, 3.05) is 39.8 Å². The first-order chi connectivity index (χ1) is 12.5. The van der Waals surface area contributed by atoms with E-state index in [1.54, 1.807) is 29.2 Å². The molecule has 1 aromatic carbocycles. The smallest absolute Gasteiger partial charge is 0.409 e. The molecular weight excluding hydrogens is 336 g/mol. The Morgan fingerprint density at radius 2 is 1.92 bits per heavy atom. The van der Waals surface area contributed by atoms with Crippen molar-refractivity contribution in [3.8, 4) is 11.8 Å². The van der Waals surface area contributed by atoms with Gasteiger partial charge in [0, 0.05) is 38.9 Å². The highest BCUT2D eigenvalue weighted by Crippen LogP contribution is 2.10. The number of methoxy groups -OCH3 is 1. The molecular formula is C18H22N4O4. The molecule has 1 aliphatic rings. The average molecular weight is 358 g/mol. The van der Waals surface area contributed by atoms with E-state index < -0.39 is 5.91 Å². The Labute approximate surface area is 152 Å². The predicted octanol–water partition coefficient (Wildman–Crippen LogP) is 0.842. The first-order valence-corrected chi connectivity index (χ1v) is 8.28. The van der Waals surface area contributed by atoms with Crippen LogP contribution in [0.3, 0.4) is 0 Å². The molecule has 0 saturated carbocycles. The molecule has 1 aromatic rings. The SMILES string of the molecule is COC(=O)N1CCN(/C=C(/C#N)C(=O)NCCc2ccc(O)cc2)CC1. The third-order valence-electron chi connectivity index (χ3n) is 4.06. The minimum Gasteiger partial charge on any atom is -0.508 e. The molecule has 1 saturated heterocycles. The molecule has 2 N–H and O–H groups in total. The summed E-state index contributed by atoms with van der Waals surface area (Å²) in [7, 11) is 1.34. The number of piperazine rings is 1. The second-order valence-electron chi connectivity index (χ2n) is 5.82. The zero-order valence-corrected chi connectivity index (χ0v) is 14.6. The van der Waals surface area contributed by atoms with Crippen LogP contribution < -0.4 is 5.32 Å². The Morgan fingerprint density at radius 1 is 1.27 bits per heavy atom. The van der Waals surface area contributed by atoms with Crippen molar-refractivity contribution in [3.05, 3.63) is 41.6 Å². The highest BCUT2D eigenvalue weighted by atomic mass is 16.5. The molecule has 138 valence electrons. The van der Waals surface area contributed by atoms with E-state index in [0.29, 0.717) is 39.1 Å². The number of nitrogens with one attached hydrogen (secondary N) is 1. The maximum atomic E-state index is 12.2. The van der Waals surface area contributed by atoms with Crippen molar-refractivity contribution < 1.29 is 19.4 Å². The number of amides is 2. The molecule has 0 aliphatic carbocycles. The highest BCUT2D eigenvalue weighted by Gasteiger charge is 2.21. The van der Waals surface area contributed by atoms with Crippen LogP contribution in [0.2, 0.25) is 0 Å². The van der Waals surface area contributed by atoms with Crippen LogP contribution in [0.15, 0.2) is 36.0 Å². The molecule has 0 radical (unpaired) electrons. The number of carbonyl (C=O) groups excluding carboxylic acids is 2. The van der Waals surface area contributed by atoms with Gasteiger partial charge in [0.15, 0.2) is 0 Å². The third-order valence-corrected chi connectivity index (χ3v) is 4.06. The molecule has 2 amide bonds. The number of rotatable bonds is 5. The number of benzene rings is 1. The second-order valence-corrected chi connectivity index (χ2v) is 5.82. The van der Waals surface area contributed by atoms with Gasteiger partial charge in [-0.25, -0.2) is 4.79 Å². The van der Waals surface area contributed by atoms with Gasteiger partial charge in [-0.05, 0) is 24.1 Å². The highest BCUT2D eigenvalue weighted by molar-refractivity contribution is 5.97. The normalized spacial score (nSPS) is 14.5. The molecule has 0 aromatic heterocycles. The van der Waals surface area contributed by atoms with Crippen molar-refractivity contribution in [1.29, 1.82) is 5.26 Å². The molecule has 1 aliphatic heterocycles. The molecule has 0 unspecified atom stereocenters. The largest absolute Gasteiger partial charge is 0.508 e. The number of hydrogen-bond donors (Lipinski definition) is 2. The maximum absolute atomic E-state index is 12.2. The van der Waals surface area contributed by atoms with E-state index in [0.717, 1.165) is 5.56 Å². The predicted molar refractivity (Wildman–Crippen MR) is 94.1 cm³/mol. The lowest BCUT2D eigenvalue weighted by molar-refractivity contribution is -0.117. The Bertz CT molecular complexity index is 701. The minimum absolute atomic E-state index is 0.0298. The summed E-state index contributed by atoms with van der Waals surface area (Å²) in [6.07, 6.45) is 1.76. The number of aromatic hydroxyl groups is 1. The topological polar surface area (TPSA) is 106 Å². The van der Waals surface area contributed by atoms with Gasteiger partial charge >= 0.3 is 6.09 Å². The summed E-state index contributed by atoms with van der Waals surface area (Å²) in [5.41, 5.74) is 1.01. The van der Waals surface area contributed by atoms with E-state index in [4.69, 9.17) is 0 Å². The van der Waals surface area contributed by atoms with Gasteiger partial charge in [-0.2, -0.15) is 5.26 Å². The summed E-state index contributed by atoms with van der Waals surface area (Å²) >= 11 is 0. The Balaban J connectivity index is 1.82. The van der Waals surface area contributed by atoms with Crippen LogP contribution in [-0.4, -0.2) is 66.7 Å². The molecule has 0 spiro atoms. The molecule has 0 atom stereocenters. The van der Waals surface area contributed by atoms with Crippen LogP contribution in [0.1, 0.15) is 5.56 Å². The number of phenols is 1. The molecule has 8 nitrogen and oxygen atoms in total. The van der Waals surface area contributed by atoms with E-state index in [9.17, 15) is 20.0 Å². The number of phenolic OH excluding ortho intramolecular Hbond substituents is 1. The van der Waals surface area contributed by atoms with Crippen LogP contribution in [0.5, 0.6) is 5.75 Å². The zero-order valence-electron chi connectivity index (χ0n) is 14.6. The Morgan fingerprint density at radius 3 is 2.50 bits per heavy atom. The molecule has 2 rings (SSSR count). The quantitative estimate of drug-likeness (QED) is 0.597. The number of carbonyl (C=O) groups is 2. The van der Waals surface area contributed by atoms with E-state index in [1.807, 2.05) is 11.0 Å². The summed E-state index contributed by atoms with van der Waals surface area (Å²) in [4.78, 5) is 27.0. The van der Waals surface area contributed by atoms with Gasteiger partial charge < -0.3 is 25.0 Å². The molecule has 0 bridgehead atoms. The van der Waals surface area contributed by atoms with E-state index in [1.165, 1.54) is 13.3 Å². The number of nitriles is 1. The first-order valence-electron chi connectivity index (χ1n) is 8.28. The van der Waals surface area contributed by atoms with Crippen LogP contribution in [0.25, 0.3) is 0 Å². The van der Waals surface area contributed by atoms with E-state index in [2.05, 4.69) is 10.1 Å². The zero-order chi connectivity index (χ0) is 18.9. The second kappa shape index (κ2) is 9.32. The minimum atomic E-state index is -0.429. The molecule has 1 fully saturated rings. The summed E-state index contributed by atoms with van der Waals surface area (Å²) in [6.45, 7) is 2.40. The van der Waals surface area contributed by atoms with E-state index >= 15 is 0 Å². The fraction of sp³-hybridized carbons (Fsp3) is 0.389. The van der Waals surface area contributed by atoms with Gasteiger partial charge in [-0.1, -0.05) is 12.1 Å². The van der Waals surface area contributed by atoms with Crippen LogP contribution in [0.4, 0.5) is 4.79 Å². The number of hydrogen-bond acceptors (Lipinski definition) is 6. The molecule has 1 heterocycles. The lowest BCUT2D eigenvalue weighted by Crippen LogP contribution is -2.47. The number of nitrogens with zero attached hydrogens (tertiary/aromatic N) is 3. The van der Waals surface area contributed by atoms with Crippen LogP contribution in [-0.2, 0) is 16.0 Å². The summed E-state index contributed by atoms with van der Waals surface area (Å²) in [5, 5.41) is 21.2. The maximum Gasteiger partial charge on any atom is 0.409 e. The lowest BCUT2D eigenvalue weighted by Gasteiger charge is -2.33. The van der Waals surface area contributed by atoms with Crippen molar-refractivity contribution in [3.63, 3.8) is 0 Å². The summed E-state index contributed by atoms with van der Waals surface area (Å²) in [6, 6.07) is 8.66. The fourth-order valence-electron chi connectivity index (χ4n) is 2.56. The first kappa shape index (κ1) is 19.1. The van der Waals surface area contributed by atoms with Crippen molar-refractivity contribution in [2.45, 2.75) is 6.42 Å².